The highest BCUT2D eigenvalue weighted by atomic mass is 33.1. The molecule has 9 rings (SSSR count). The molecule has 1 aliphatic rings. The number of fused-ring (bicyclic) bond motifs is 2. The zero-order chi connectivity index (χ0) is 103. The molecule has 14 amide bonds. The number of aromatic nitrogens is 2. The first-order valence-electron chi connectivity index (χ1n) is 47.0. The number of benzene rings is 6. The molecule has 0 unspecified atom stereocenters. The van der Waals surface area contributed by atoms with Crippen LogP contribution in [0.4, 0.5) is 0 Å². The fourth-order valence-electron chi connectivity index (χ4n) is 15.5. The molecule has 30 N–H and O–H groups in total. The molecule has 1 aliphatic heterocycles. The summed E-state index contributed by atoms with van der Waals surface area (Å²) in [6, 6.07) is 23.1. The van der Waals surface area contributed by atoms with Crippen molar-refractivity contribution >= 4 is 148 Å². The van der Waals surface area contributed by atoms with Crippen LogP contribution in [0.25, 0.3) is 21.8 Å². The topological polar surface area (TPSA) is 664 Å². The minimum atomic E-state index is -1.96. The summed E-state index contributed by atoms with van der Waals surface area (Å²) in [5.74, 6) is -15.7. The van der Waals surface area contributed by atoms with Crippen LogP contribution in [0, 0.1) is 0 Å². The quantitative estimate of drug-likeness (QED) is 0.0159. The molecule has 40 nitrogen and oxygen atoms in total. The van der Waals surface area contributed by atoms with E-state index >= 15 is 38.4 Å². The van der Waals surface area contributed by atoms with Gasteiger partial charge in [0.2, 0.25) is 82.7 Å². The van der Waals surface area contributed by atoms with E-state index in [9.17, 15) is 59.4 Å². The van der Waals surface area contributed by atoms with Crippen LogP contribution in [0.3, 0.4) is 0 Å². The molecule has 142 heavy (non-hydrogen) atoms. The minimum absolute atomic E-state index is 0.00569. The fourth-order valence-corrected chi connectivity index (χ4v) is 20.1. The van der Waals surface area contributed by atoms with Crippen molar-refractivity contribution in [2.24, 2.45) is 22.9 Å². The van der Waals surface area contributed by atoms with Crippen LogP contribution in [0.5, 0.6) is 0 Å². The van der Waals surface area contributed by atoms with Gasteiger partial charge in [0.25, 0.3) is 0 Å². The lowest BCUT2D eigenvalue weighted by Gasteiger charge is -2.29. The zero-order valence-corrected chi connectivity index (χ0v) is 82.6. The minimum Gasteiger partial charge on any atom is -0.394 e. The number of carbonyl (C=O) groups is 14. The molecule has 0 saturated carbocycles. The highest BCUT2D eigenvalue weighted by molar-refractivity contribution is 8.77. The molecule has 0 aliphatic carbocycles. The van der Waals surface area contributed by atoms with Gasteiger partial charge in [-0.3, -0.25) is 67.1 Å². The van der Waals surface area contributed by atoms with Gasteiger partial charge in [0.05, 0.1) is 61.8 Å². The SMILES string of the molecule is C[C@@H](O)[C@@H]1NC(=O)[C@H](CCCCN)NC(=O)[C@@H](Cc2c[nH]c3ccccc23)NC(=O)[C@H](Cc2ccccc2)NC(=O)[C@@H](NC(=O)[C@H](N)Cc2ccccc2)CSSC[C@H](NC(=O)[C@H](N)Cc2ccccc2)C(=O)N[C@@H](Cc2ccccc2)C(=O)N[C@H](Cc2c[nH]c3ccccc23)C(=O)N[C@@H](CCCCN)C(=O)N[C@@H]([C@@H](C)O)C(=O)N[C@H](C(=O)N[C@H](CO)[C@@H](C)O)CSSC[C@@H](C(=O)N[C@H](CO)[C@@H](C)O)NC1=O. The van der Waals surface area contributed by atoms with Crippen LogP contribution < -0.4 is 97.4 Å². The summed E-state index contributed by atoms with van der Waals surface area (Å²) in [6.07, 6.45) is -3.71. The molecule has 3 heterocycles. The molecular formula is C98H132N20O20S4. The van der Waals surface area contributed by atoms with Crippen molar-refractivity contribution in [3.63, 3.8) is 0 Å². The summed E-state index contributed by atoms with van der Waals surface area (Å²) in [4.78, 5) is 218. The molecular weight excluding hydrogens is 1910 g/mol. The maximum Gasteiger partial charge on any atom is 0.245 e. The molecule has 20 atom stereocenters. The van der Waals surface area contributed by atoms with Crippen molar-refractivity contribution in [2.75, 3.05) is 49.3 Å². The Hall–Kier alpha value is -12.0. The van der Waals surface area contributed by atoms with Gasteiger partial charge in [-0.1, -0.05) is 201 Å². The van der Waals surface area contributed by atoms with Gasteiger partial charge in [-0.15, -0.1) is 0 Å². The molecule has 2 aromatic heterocycles. The van der Waals surface area contributed by atoms with E-state index in [2.05, 4.69) is 84.4 Å². The molecule has 1 saturated heterocycles. The zero-order valence-electron chi connectivity index (χ0n) is 79.4. The Morgan fingerprint density at radius 2 is 0.655 bits per heavy atom. The first kappa shape index (κ1) is 114. The Bertz CT molecular complexity index is 5120. The van der Waals surface area contributed by atoms with Gasteiger partial charge >= 0.3 is 0 Å². The summed E-state index contributed by atoms with van der Waals surface area (Å²) in [6.45, 7) is 3.38. The Labute approximate surface area is 838 Å². The monoisotopic (exact) mass is 2040 g/mol. The van der Waals surface area contributed by atoms with E-state index in [-0.39, 0.29) is 102 Å². The normalized spacial score (nSPS) is 22.8. The number of aliphatic hydroxyl groups excluding tert-OH is 6. The number of para-hydroxylation sites is 2. The van der Waals surface area contributed by atoms with E-state index < -0.39 is 229 Å². The van der Waals surface area contributed by atoms with Gasteiger partial charge in [0, 0.05) is 82.9 Å². The van der Waals surface area contributed by atoms with Crippen molar-refractivity contribution < 1.29 is 97.8 Å². The number of amides is 14. The maximum atomic E-state index is 15.7. The molecule has 44 heteroatoms. The summed E-state index contributed by atoms with van der Waals surface area (Å²) < 4.78 is 0. The average Bonchev–Trinajstić information content (AvgIpc) is 1.69. The standard InChI is InChI=1S/C98H132N20O20S4/c1-55(121)77(49-119)111-95(135)81-53-141-142-54-82(96(136)112-78(50-120)56(2)122)116-98(138)84(58(4)124)118-88(128)72(38-22-24-40-100)106-92(132)76(46-64-48-104-70-36-20-18-34-66(64)70)110-90(130)74(44-62-31-15-8-16-32-62)108-94(134)80(114-86(126)68(102)42-60-27-11-6-12-28-60)52-140-139-51-79(113-85(125)67(101)41-59-25-9-5-10-26-59)93(133)107-73(43-61-29-13-7-14-30-61)89(129)109-75(45-63-47-103-69-35-19-17-33-65(63)69)91(131)105-71(37-21-23-39-99)87(127)117-83(57(3)123)97(137)115-81/h5-20,25-36,47-48,55-58,67-68,71-84,103-104,119-124H,21-24,37-46,49-54,99-102H2,1-4H3,(H,105,131)(H,106,132)(H,107,133)(H,108,134)(H,109,129)(H,110,130)(H,111,135)(H,112,136)(H,113,125)(H,114,126)(H,115,137)(H,116,138)(H,117,127)(H,118,128)/t55-,56-,57-,58-,67-,68-,71+,72+,73+,74+,75-,76-,77-,78-,79+,80+,81+,82+,83+,84+/m1/s1. The smallest absolute Gasteiger partial charge is 0.245 e. The molecule has 1 fully saturated rings. The number of aromatic amines is 2. The molecule has 0 radical (unpaired) electrons. The predicted octanol–water partition coefficient (Wildman–Crippen LogP) is -1.61. The van der Waals surface area contributed by atoms with Crippen LogP contribution in [0.2, 0.25) is 0 Å². The van der Waals surface area contributed by atoms with E-state index in [0.717, 1.165) is 57.0 Å². The van der Waals surface area contributed by atoms with Crippen molar-refractivity contribution in [2.45, 2.75) is 226 Å². The number of carbonyl (C=O) groups excluding carboxylic acids is 14. The van der Waals surface area contributed by atoms with Crippen molar-refractivity contribution in [1.82, 2.24) is 84.4 Å². The van der Waals surface area contributed by atoms with Crippen molar-refractivity contribution in [3.8, 4) is 0 Å². The fraction of sp³-hybridized carbons (Fsp3) is 0.449. The number of hydrogen-bond donors (Lipinski definition) is 26. The van der Waals surface area contributed by atoms with Gasteiger partial charge < -0.3 is 138 Å². The highest BCUT2D eigenvalue weighted by Crippen LogP contribution is 2.28. The third kappa shape index (κ3) is 35.8. The number of nitrogens with one attached hydrogen (secondary N) is 16. The second kappa shape index (κ2) is 58.5. The number of aliphatic hydroxyl groups is 6. The van der Waals surface area contributed by atoms with Gasteiger partial charge in [0.15, 0.2) is 0 Å². The average molecular weight is 2040 g/mol. The number of hydrogen-bond acceptors (Lipinski definition) is 28. The lowest BCUT2D eigenvalue weighted by molar-refractivity contribution is -0.136. The second-order valence-electron chi connectivity index (χ2n) is 34.9. The van der Waals surface area contributed by atoms with E-state index in [1.165, 1.54) is 13.8 Å². The van der Waals surface area contributed by atoms with Gasteiger partial charge in [-0.05, 0) is 138 Å². The van der Waals surface area contributed by atoms with Crippen LogP contribution in [0.1, 0.15) is 99.6 Å². The third-order valence-corrected chi connectivity index (χ3v) is 28.5. The number of H-pyrrole nitrogens is 2. The Morgan fingerprint density at radius 3 is 0.979 bits per heavy atom. The van der Waals surface area contributed by atoms with Crippen LogP contribution in [-0.2, 0) is 106 Å². The first-order chi connectivity index (χ1) is 68.1. The Morgan fingerprint density at radius 1 is 0.359 bits per heavy atom. The van der Waals surface area contributed by atoms with Gasteiger partial charge in [-0.2, -0.15) is 0 Å². The summed E-state index contributed by atoms with van der Waals surface area (Å²) >= 11 is 0. The molecule has 0 bridgehead atoms. The summed E-state index contributed by atoms with van der Waals surface area (Å²) in [5.41, 5.74) is 29.8. The van der Waals surface area contributed by atoms with E-state index in [1.807, 2.05) is 0 Å². The number of unbranched alkanes of at least 4 members (excludes halogenated alkanes) is 2. The lowest BCUT2D eigenvalue weighted by atomic mass is 10.0. The summed E-state index contributed by atoms with van der Waals surface area (Å²) in [7, 11) is 3.45. The van der Waals surface area contributed by atoms with Crippen molar-refractivity contribution in [1.29, 1.82) is 0 Å². The van der Waals surface area contributed by atoms with Crippen LogP contribution in [0.15, 0.2) is 182 Å². The van der Waals surface area contributed by atoms with Crippen LogP contribution >= 0.6 is 43.2 Å². The van der Waals surface area contributed by atoms with E-state index in [0.29, 0.717) is 55.2 Å². The second-order valence-corrected chi connectivity index (χ2v) is 40.1. The molecule has 768 valence electrons. The number of rotatable bonds is 34. The van der Waals surface area contributed by atoms with E-state index in [1.54, 1.807) is 182 Å². The Kier molecular flexibility index (Phi) is 46.8. The van der Waals surface area contributed by atoms with Crippen molar-refractivity contribution in [3.05, 3.63) is 216 Å². The lowest BCUT2D eigenvalue weighted by Crippen LogP contribution is -2.62. The Balaban J connectivity index is 1.16. The van der Waals surface area contributed by atoms with E-state index in [4.69, 9.17) is 22.9 Å². The maximum absolute atomic E-state index is 15.7. The largest absolute Gasteiger partial charge is 0.394 e. The third-order valence-electron chi connectivity index (χ3n) is 23.7. The van der Waals surface area contributed by atoms with Crippen LogP contribution in [-0.4, -0.2) is 294 Å². The summed E-state index contributed by atoms with van der Waals surface area (Å²) in [5, 5.41) is 103. The van der Waals surface area contributed by atoms with Gasteiger partial charge in [-0.25, -0.2) is 0 Å². The predicted molar refractivity (Wildman–Crippen MR) is 544 cm³/mol. The molecule has 8 aromatic rings. The molecule has 6 aromatic carbocycles. The first-order valence-corrected chi connectivity index (χ1v) is 52.0. The number of nitrogens with two attached hydrogens (primary N) is 4. The van der Waals surface area contributed by atoms with Gasteiger partial charge in [0.1, 0.15) is 72.5 Å². The molecule has 0 spiro atoms. The highest BCUT2D eigenvalue weighted by Gasteiger charge is 2.41.